The Morgan fingerprint density at radius 1 is 1.00 bits per heavy atom. The van der Waals surface area contributed by atoms with Crippen molar-refractivity contribution >= 4 is 17.2 Å². The molecule has 172 valence electrons. The van der Waals surface area contributed by atoms with Crippen LogP contribution in [0.2, 0.25) is 0 Å². The zero-order valence-corrected chi connectivity index (χ0v) is 16.3. The van der Waals surface area contributed by atoms with Crippen LogP contribution in [0.25, 0.3) is 17.0 Å². The monoisotopic (exact) mass is 472 g/mol. The summed E-state index contributed by atoms with van der Waals surface area (Å²) in [6.07, 6.45) is -6.76. The van der Waals surface area contributed by atoms with E-state index in [2.05, 4.69) is 15.1 Å². The Morgan fingerprint density at radius 2 is 1.73 bits per heavy atom. The summed E-state index contributed by atoms with van der Waals surface area (Å²) in [4.78, 5) is 19.6. The third-order valence-electron chi connectivity index (χ3n) is 4.60. The van der Waals surface area contributed by atoms with Gasteiger partial charge in [-0.05, 0) is 24.3 Å². The number of aromatic nitrogens is 5. The zero-order valence-electron chi connectivity index (χ0n) is 16.3. The second-order valence-electron chi connectivity index (χ2n) is 6.76. The Bertz CT molecular complexity index is 1370. The van der Waals surface area contributed by atoms with Gasteiger partial charge in [-0.1, -0.05) is 0 Å². The van der Waals surface area contributed by atoms with Gasteiger partial charge in [0, 0.05) is 31.3 Å². The quantitative estimate of drug-likeness (QED) is 0.444. The number of rotatable bonds is 3. The minimum Gasteiger partial charge on any atom is -0.321 e. The highest BCUT2D eigenvalue weighted by Gasteiger charge is 2.43. The normalized spacial score (nSPS) is 12.4. The molecule has 0 aromatic carbocycles. The van der Waals surface area contributed by atoms with Gasteiger partial charge in [-0.15, -0.1) is 0 Å². The lowest BCUT2D eigenvalue weighted by Crippen LogP contribution is -2.21. The number of pyridine rings is 2. The van der Waals surface area contributed by atoms with E-state index in [0.29, 0.717) is 10.7 Å². The Balaban J connectivity index is 1.83. The Labute approximate surface area is 179 Å². The molecule has 7 nitrogen and oxygen atoms in total. The predicted octanol–water partition coefficient (Wildman–Crippen LogP) is 4.56. The van der Waals surface area contributed by atoms with Crippen molar-refractivity contribution in [3.05, 3.63) is 65.6 Å². The molecule has 1 amide bonds. The summed E-state index contributed by atoms with van der Waals surface area (Å²) in [5.74, 6) is -2.14. The highest BCUT2D eigenvalue weighted by Crippen LogP contribution is 2.39. The van der Waals surface area contributed by atoms with Gasteiger partial charge in [-0.25, -0.2) is 9.37 Å². The number of amides is 1. The van der Waals surface area contributed by atoms with Gasteiger partial charge in [0.15, 0.2) is 11.5 Å². The molecule has 4 rings (SSSR count). The van der Waals surface area contributed by atoms with Crippen LogP contribution in [0.3, 0.4) is 0 Å². The molecule has 14 heteroatoms. The van der Waals surface area contributed by atoms with E-state index in [1.165, 1.54) is 12.4 Å². The fraction of sp³-hybridized carbons (Fsp3) is 0.158. The van der Waals surface area contributed by atoms with Crippen molar-refractivity contribution in [2.75, 3.05) is 5.32 Å². The zero-order chi connectivity index (χ0) is 24.1. The molecule has 33 heavy (non-hydrogen) atoms. The van der Waals surface area contributed by atoms with Crippen molar-refractivity contribution in [1.29, 1.82) is 0 Å². The molecule has 0 aliphatic carbocycles. The van der Waals surface area contributed by atoms with Gasteiger partial charge in [0.1, 0.15) is 22.6 Å². The first-order valence-corrected chi connectivity index (χ1v) is 8.98. The van der Waals surface area contributed by atoms with Crippen LogP contribution in [-0.4, -0.2) is 30.1 Å². The molecule has 1 N–H and O–H groups in total. The van der Waals surface area contributed by atoms with Crippen molar-refractivity contribution in [3.63, 3.8) is 0 Å². The molecule has 4 heterocycles. The molecule has 0 aliphatic heterocycles. The Hall–Kier alpha value is -3.97. The van der Waals surface area contributed by atoms with Gasteiger partial charge in [0.25, 0.3) is 5.91 Å². The minimum absolute atomic E-state index is 0.200. The molecule has 0 saturated carbocycles. The van der Waals surface area contributed by atoms with Gasteiger partial charge in [0.05, 0.1) is 5.69 Å². The Morgan fingerprint density at radius 3 is 2.39 bits per heavy atom. The number of carbonyl (C=O) groups excluding carboxylic acids is 1. The van der Waals surface area contributed by atoms with Crippen LogP contribution in [0.1, 0.15) is 21.7 Å². The van der Waals surface area contributed by atoms with Crippen LogP contribution in [0.15, 0.2) is 42.9 Å². The fourth-order valence-electron chi connectivity index (χ4n) is 3.26. The lowest BCUT2D eigenvalue weighted by molar-refractivity contribution is -0.141. The number of nitrogens with one attached hydrogen (secondary N) is 1. The third kappa shape index (κ3) is 3.99. The van der Waals surface area contributed by atoms with Crippen molar-refractivity contribution < 1.29 is 35.5 Å². The summed E-state index contributed by atoms with van der Waals surface area (Å²) in [7, 11) is 1.07. The van der Waals surface area contributed by atoms with Crippen LogP contribution in [-0.2, 0) is 19.4 Å². The average molecular weight is 472 g/mol. The van der Waals surface area contributed by atoms with Gasteiger partial charge in [-0.3, -0.25) is 18.9 Å². The first-order valence-electron chi connectivity index (χ1n) is 8.98. The second-order valence-corrected chi connectivity index (χ2v) is 6.76. The fourth-order valence-corrected chi connectivity index (χ4v) is 3.26. The molecule has 4 aromatic rings. The van der Waals surface area contributed by atoms with Gasteiger partial charge in [-0.2, -0.15) is 31.4 Å². The molecule has 0 bridgehead atoms. The number of halogens is 7. The molecule has 4 aromatic heterocycles. The molecular formula is C19H11F7N6O. The van der Waals surface area contributed by atoms with E-state index in [9.17, 15) is 35.5 Å². The summed E-state index contributed by atoms with van der Waals surface area (Å²) in [5.41, 5.74) is -5.31. The van der Waals surface area contributed by atoms with Gasteiger partial charge in [0.2, 0.25) is 0 Å². The van der Waals surface area contributed by atoms with Crippen LogP contribution >= 0.6 is 0 Å². The lowest BCUT2D eigenvalue weighted by atomic mass is 10.1. The maximum absolute atomic E-state index is 14.0. The number of hydrogen-bond acceptors (Lipinski definition) is 4. The number of alkyl halides is 6. The van der Waals surface area contributed by atoms with Crippen LogP contribution < -0.4 is 5.32 Å². The number of aryl methyl sites for hydroxylation is 1. The summed E-state index contributed by atoms with van der Waals surface area (Å²) < 4.78 is 96.3. The standard InChI is InChI=1S/C19H11F7N6O/c1-31-15(17(33)29-9-4-5-27-12(8-9)18(21,22)23)13(19(24,25)26)14(30-31)11-3-2-10(20)16-28-6-7-32(11)16/h2-8H,1H3,(H,27,29,33). The average Bonchev–Trinajstić information content (AvgIpc) is 3.33. The van der Waals surface area contributed by atoms with Crippen molar-refractivity contribution in [2.45, 2.75) is 12.4 Å². The number of imidazole rings is 1. The van der Waals surface area contributed by atoms with E-state index in [1.54, 1.807) is 0 Å². The van der Waals surface area contributed by atoms with Crippen molar-refractivity contribution in [1.82, 2.24) is 24.1 Å². The summed E-state index contributed by atoms with van der Waals surface area (Å²) in [6, 6.07) is 3.42. The summed E-state index contributed by atoms with van der Waals surface area (Å²) in [5, 5.41) is 5.81. The highest BCUT2D eigenvalue weighted by atomic mass is 19.4. The van der Waals surface area contributed by atoms with E-state index in [-0.39, 0.29) is 11.3 Å². The molecule has 0 aliphatic rings. The first kappa shape index (κ1) is 22.2. The number of fused-ring (bicyclic) bond motifs is 1. The van der Waals surface area contributed by atoms with E-state index < -0.39 is 52.4 Å². The van der Waals surface area contributed by atoms with Crippen molar-refractivity contribution in [2.24, 2.45) is 7.05 Å². The third-order valence-corrected chi connectivity index (χ3v) is 4.60. The largest absolute Gasteiger partial charge is 0.433 e. The SMILES string of the molecule is Cn1nc(-c2ccc(F)c3nccn23)c(C(F)(F)F)c1C(=O)Nc1ccnc(C(F)(F)F)c1. The summed E-state index contributed by atoms with van der Waals surface area (Å²) >= 11 is 0. The van der Waals surface area contributed by atoms with E-state index >= 15 is 0 Å². The molecule has 0 unspecified atom stereocenters. The maximum Gasteiger partial charge on any atom is 0.433 e. The number of hydrogen-bond donors (Lipinski definition) is 1. The number of anilines is 1. The van der Waals surface area contributed by atoms with Crippen LogP contribution in [0.5, 0.6) is 0 Å². The predicted molar refractivity (Wildman–Crippen MR) is 99.5 cm³/mol. The first-order chi connectivity index (χ1) is 15.4. The van der Waals surface area contributed by atoms with Gasteiger partial charge < -0.3 is 5.32 Å². The number of carbonyl (C=O) groups is 1. The Kier molecular flexibility index (Phi) is 5.10. The molecule has 0 spiro atoms. The number of nitrogens with zero attached hydrogens (tertiary/aromatic N) is 5. The van der Waals surface area contributed by atoms with E-state index in [1.807, 2.05) is 5.32 Å². The van der Waals surface area contributed by atoms with Crippen molar-refractivity contribution in [3.8, 4) is 11.4 Å². The lowest BCUT2D eigenvalue weighted by Gasteiger charge is -2.12. The molecule has 0 atom stereocenters. The molecule has 0 radical (unpaired) electrons. The molecule has 0 fully saturated rings. The maximum atomic E-state index is 14.0. The van der Waals surface area contributed by atoms with E-state index in [4.69, 9.17) is 0 Å². The van der Waals surface area contributed by atoms with Crippen LogP contribution in [0.4, 0.5) is 36.4 Å². The molecule has 0 saturated heterocycles. The second kappa shape index (κ2) is 7.56. The topological polar surface area (TPSA) is 77.1 Å². The van der Waals surface area contributed by atoms with E-state index in [0.717, 1.165) is 35.8 Å². The molecular weight excluding hydrogens is 461 g/mol. The summed E-state index contributed by atoms with van der Waals surface area (Å²) in [6.45, 7) is 0. The smallest absolute Gasteiger partial charge is 0.321 e. The minimum atomic E-state index is -5.09. The highest BCUT2D eigenvalue weighted by molar-refractivity contribution is 6.05. The van der Waals surface area contributed by atoms with Gasteiger partial charge >= 0.3 is 12.4 Å². The van der Waals surface area contributed by atoms with Crippen LogP contribution in [0, 0.1) is 5.82 Å².